The zero-order valence-corrected chi connectivity index (χ0v) is 17.8. The van der Waals surface area contributed by atoms with Gasteiger partial charge in [-0.3, -0.25) is 4.79 Å². The van der Waals surface area contributed by atoms with E-state index in [9.17, 15) is 4.79 Å². The van der Waals surface area contributed by atoms with Crippen molar-refractivity contribution in [3.8, 4) is 22.6 Å². The molecule has 0 saturated carbocycles. The zero-order valence-electron chi connectivity index (χ0n) is 17.8. The molecule has 0 unspecified atom stereocenters. The van der Waals surface area contributed by atoms with Crippen LogP contribution in [0.5, 0.6) is 0 Å². The summed E-state index contributed by atoms with van der Waals surface area (Å²) in [6, 6.07) is 17.9. The van der Waals surface area contributed by atoms with Crippen molar-refractivity contribution in [2.24, 2.45) is 0 Å². The quantitative estimate of drug-likeness (QED) is 0.490. The lowest BCUT2D eigenvalue weighted by atomic mass is 9.99. The van der Waals surface area contributed by atoms with Gasteiger partial charge < -0.3 is 9.84 Å². The first-order chi connectivity index (χ1) is 15.0. The number of aryl methyl sites for hydroxylation is 2. The van der Waals surface area contributed by atoms with Crippen molar-refractivity contribution in [1.82, 2.24) is 20.4 Å². The van der Waals surface area contributed by atoms with E-state index in [2.05, 4.69) is 20.4 Å². The molecule has 2 aromatic carbocycles. The second kappa shape index (κ2) is 8.92. The predicted molar refractivity (Wildman–Crippen MR) is 119 cm³/mol. The summed E-state index contributed by atoms with van der Waals surface area (Å²) >= 11 is 0. The Morgan fingerprint density at radius 2 is 1.81 bits per heavy atom. The number of carbonyl (C=O) groups is 1. The van der Waals surface area contributed by atoms with Crippen molar-refractivity contribution in [2.75, 3.05) is 0 Å². The van der Waals surface area contributed by atoms with Gasteiger partial charge in [0.05, 0.1) is 22.9 Å². The molecule has 1 atom stereocenters. The van der Waals surface area contributed by atoms with Crippen LogP contribution in [-0.4, -0.2) is 21.0 Å². The fourth-order valence-corrected chi connectivity index (χ4v) is 3.36. The molecule has 0 radical (unpaired) electrons. The Hall–Kier alpha value is -3.80. The number of nitrogens with zero attached hydrogens (tertiary/aromatic N) is 3. The molecule has 0 saturated heterocycles. The van der Waals surface area contributed by atoms with E-state index in [-0.39, 0.29) is 11.8 Å². The number of aromatic nitrogens is 3. The van der Waals surface area contributed by atoms with E-state index in [0.29, 0.717) is 12.3 Å². The molecule has 2 heterocycles. The fraction of sp³-hybridized carbons (Fsp3) is 0.200. The van der Waals surface area contributed by atoms with Crippen molar-refractivity contribution in [3.63, 3.8) is 0 Å². The standard InChI is InChI=1S/C25H24N4O2/c1-16-4-8-20(9-5-16)18(3)25(30)27-13-19-6-10-21(11-7-19)24-22(14-26-15-28-24)23-12-17(2)29-31-23/h4-12,14-15,18H,13H2,1-3H3,(H,27,30)/t18-/m1/s1. The van der Waals surface area contributed by atoms with E-state index in [1.807, 2.05) is 75.4 Å². The first-order valence-electron chi connectivity index (χ1n) is 10.2. The third-order valence-electron chi connectivity index (χ3n) is 5.27. The summed E-state index contributed by atoms with van der Waals surface area (Å²) in [5, 5.41) is 6.98. The number of amides is 1. The van der Waals surface area contributed by atoms with Crippen LogP contribution >= 0.6 is 0 Å². The molecule has 0 bridgehead atoms. The molecule has 0 fully saturated rings. The van der Waals surface area contributed by atoms with Crippen LogP contribution in [0, 0.1) is 13.8 Å². The third kappa shape index (κ3) is 4.69. The van der Waals surface area contributed by atoms with Gasteiger partial charge in [-0.05, 0) is 31.9 Å². The summed E-state index contributed by atoms with van der Waals surface area (Å²) in [4.78, 5) is 21.1. The second-order valence-electron chi connectivity index (χ2n) is 7.66. The SMILES string of the molecule is Cc1ccc([C@@H](C)C(=O)NCc2ccc(-c3ncncc3-c3cc(C)no3)cc2)cc1. The van der Waals surface area contributed by atoms with Crippen molar-refractivity contribution >= 4 is 5.91 Å². The number of carbonyl (C=O) groups excluding carboxylic acids is 1. The monoisotopic (exact) mass is 412 g/mol. The summed E-state index contributed by atoms with van der Waals surface area (Å²) < 4.78 is 5.39. The molecular weight excluding hydrogens is 388 g/mol. The molecule has 1 N–H and O–H groups in total. The molecule has 156 valence electrons. The molecular formula is C25H24N4O2. The van der Waals surface area contributed by atoms with E-state index in [1.165, 1.54) is 11.9 Å². The van der Waals surface area contributed by atoms with E-state index in [1.54, 1.807) is 6.20 Å². The van der Waals surface area contributed by atoms with Gasteiger partial charge in [-0.2, -0.15) is 0 Å². The fourth-order valence-electron chi connectivity index (χ4n) is 3.36. The number of hydrogen-bond donors (Lipinski definition) is 1. The number of rotatable bonds is 6. The normalized spacial score (nSPS) is 11.8. The molecule has 0 spiro atoms. The minimum Gasteiger partial charge on any atom is -0.356 e. The maximum atomic E-state index is 12.5. The Morgan fingerprint density at radius 1 is 1.06 bits per heavy atom. The Bertz CT molecular complexity index is 1180. The maximum Gasteiger partial charge on any atom is 0.227 e. The van der Waals surface area contributed by atoms with E-state index < -0.39 is 0 Å². The smallest absolute Gasteiger partial charge is 0.227 e. The van der Waals surface area contributed by atoms with Gasteiger partial charge in [-0.1, -0.05) is 59.3 Å². The molecule has 6 heteroatoms. The maximum absolute atomic E-state index is 12.5. The lowest BCUT2D eigenvalue weighted by Crippen LogP contribution is -2.27. The molecule has 1 amide bonds. The van der Waals surface area contributed by atoms with Crippen molar-refractivity contribution in [3.05, 3.63) is 89.5 Å². The highest BCUT2D eigenvalue weighted by Crippen LogP contribution is 2.30. The van der Waals surface area contributed by atoms with Crippen molar-refractivity contribution in [2.45, 2.75) is 33.2 Å². The lowest BCUT2D eigenvalue weighted by Gasteiger charge is -2.13. The van der Waals surface area contributed by atoms with E-state index in [0.717, 1.165) is 33.6 Å². The second-order valence-corrected chi connectivity index (χ2v) is 7.66. The van der Waals surface area contributed by atoms with Crippen molar-refractivity contribution < 1.29 is 9.32 Å². The highest BCUT2D eigenvalue weighted by Gasteiger charge is 2.15. The number of benzene rings is 2. The summed E-state index contributed by atoms with van der Waals surface area (Å²) in [5.74, 6) is 0.440. The van der Waals surface area contributed by atoms with Gasteiger partial charge in [0.25, 0.3) is 0 Å². The van der Waals surface area contributed by atoms with Gasteiger partial charge >= 0.3 is 0 Å². The van der Waals surface area contributed by atoms with Crippen LogP contribution in [0.1, 0.15) is 35.2 Å². The zero-order chi connectivity index (χ0) is 21.8. The molecule has 0 aliphatic heterocycles. The Balaban J connectivity index is 1.45. The van der Waals surface area contributed by atoms with Crippen LogP contribution in [0.15, 0.2) is 71.6 Å². The molecule has 4 rings (SSSR count). The molecule has 31 heavy (non-hydrogen) atoms. The molecule has 6 nitrogen and oxygen atoms in total. The Labute approximate surface area is 181 Å². The van der Waals surface area contributed by atoms with E-state index >= 15 is 0 Å². The summed E-state index contributed by atoms with van der Waals surface area (Å²) in [5.41, 5.74) is 6.51. The number of hydrogen-bond acceptors (Lipinski definition) is 5. The Morgan fingerprint density at radius 3 is 2.48 bits per heavy atom. The van der Waals surface area contributed by atoms with E-state index in [4.69, 9.17) is 4.52 Å². The van der Waals surface area contributed by atoms with Crippen LogP contribution in [0.3, 0.4) is 0 Å². The summed E-state index contributed by atoms with van der Waals surface area (Å²) in [7, 11) is 0. The average Bonchev–Trinajstić information content (AvgIpc) is 3.24. The van der Waals surface area contributed by atoms with Gasteiger partial charge in [0.15, 0.2) is 5.76 Å². The van der Waals surface area contributed by atoms with Crippen LogP contribution in [-0.2, 0) is 11.3 Å². The van der Waals surface area contributed by atoms with Gasteiger partial charge in [-0.25, -0.2) is 9.97 Å². The molecule has 4 aromatic rings. The van der Waals surface area contributed by atoms with Gasteiger partial charge in [0.2, 0.25) is 5.91 Å². The molecule has 0 aliphatic carbocycles. The lowest BCUT2D eigenvalue weighted by molar-refractivity contribution is -0.122. The highest BCUT2D eigenvalue weighted by molar-refractivity contribution is 5.83. The topological polar surface area (TPSA) is 80.9 Å². The van der Waals surface area contributed by atoms with Gasteiger partial charge in [0.1, 0.15) is 6.33 Å². The van der Waals surface area contributed by atoms with Crippen LogP contribution in [0.4, 0.5) is 0 Å². The number of nitrogens with one attached hydrogen (secondary N) is 1. The highest BCUT2D eigenvalue weighted by atomic mass is 16.5. The summed E-state index contributed by atoms with van der Waals surface area (Å²) in [6.45, 7) is 6.30. The third-order valence-corrected chi connectivity index (χ3v) is 5.27. The summed E-state index contributed by atoms with van der Waals surface area (Å²) in [6.07, 6.45) is 3.24. The Kier molecular flexibility index (Phi) is 5.89. The van der Waals surface area contributed by atoms with Gasteiger partial charge in [-0.15, -0.1) is 0 Å². The van der Waals surface area contributed by atoms with Crippen LogP contribution < -0.4 is 5.32 Å². The average molecular weight is 412 g/mol. The van der Waals surface area contributed by atoms with Gasteiger partial charge in [0, 0.05) is 24.4 Å². The minimum absolute atomic E-state index is 0.00621. The minimum atomic E-state index is -0.200. The van der Waals surface area contributed by atoms with Crippen LogP contribution in [0.2, 0.25) is 0 Å². The van der Waals surface area contributed by atoms with Crippen molar-refractivity contribution in [1.29, 1.82) is 0 Å². The first-order valence-corrected chi connectivity index (χ1v) is 10.2. The van der Waals surface area contributed by atoms with Crippen LogP contribution in [0.25, 0.3) is 22.6 Å². The largest absolute Gasteiger partial charge is 0.356 e. The first kappa shape index (κ1) is 20.5. The molecule has 2 aromatic heterocycles. The predicted octanol–water partition coefficient (Wildman–Crippen LogP) is 4.84. The molecule has 0 aliphatic rings.